The first-order valence-electron chi connectivity index (χ1n) is 10.8. The number of ether oxygens (including phenoxy) is 2. The zero-order chi connectivity index (χ0) is 25.8. The van der Waals surface area contributed by atoms with Gasteiger partial charge in [0.15, 0.2) is 6.23 Å². The molecule has 35 heavy (non-hydrogen) atoms. The maximum atomic E-state index is 13.5. The number of aromatic amines is 1. The number of para-hydroxylation sites is 1. The van der Waals surface area contributed by atoms with Crippen LogP contribution in [0.3, 0.4) is 0 Å². The third-order valence-corrected chi connectivity index (χ3v) is 6.78. The molecule has 2 aromatic rings. The molecule has 1 fully saturated rings. The van der Waals surface area contributed by atoms with Crippen molar-refractivity contribution in [3.63, 3.8) is 0 Å². The Labute approximate surface area is 206 Å². The quantitative estimate of drug-likeness (QED) is 0.201. The summed E-state index contributed by atoms with van der Waals surface area (Å²) in [5.41, 5.74) is -0.646. The van der Waals surface area contributed by atoms with E-state index in [2.05, 4.69) is 10.1 Å². The fourth-order valence-electron chi connectivity index (χ4n) is 3.23. The van der Waals surface area contributed by atoms with Crippen LogP contribution in [-0.2, 0) is 23.4 Å². The van der Waals surface area contributed by atoms with E-state index in [0.29, 0.717) is 0 Å². The van der Waals surface area contributed by atoms with Gasteiger partial charge in [0, 0.05) is 6.20 Å². The first kappa shape index (κ1) is 27.2. The van der Waals surface area contributed by atoms with Crippen molar-refractivity contribution < 1.29 is 38.1 Å². The molecule has 0 radical (unpaired) electrons. The molecule has 0 amide bonds. The van der Waals surface area contributed by atoms with Crippen LogP contribution in [0, 0.1) is 4.64 Å². The normalized spacial score (nSPS) is 24.6. The summed E-state index contributed by atoms with van der Waals surface area (Å²) in [5, 5.41) is 23.4. The SMILES string of the molecule is CC(C)OC(=O)C(C)NP(=O)(OCC1OC(n2ccc(=S)[nH]c2=O)C(O)C1O)Oc1ccccc1. The zero-order valence-electron chi connectivity index (χ0n) is 19.3. The predicted molar refractivity (Wildman–Crippen MR) is 126 cm³/mol. The lowest BCUT2D eigenvalue weighted by Gasteiger charge is -2.25. The van der Waals surface area contributed by atoms with Gasteiger partial charge in [0.1, 0.15) is 34.7 Å². The third kappa shape index (κ3) is 7.07. The van der Waals surface area contributed by atoms with E-state index in [1.807, 2.05) is 0 Å². The van der Waals surface area contributed by atoms with Crippen LogP contribution < -0.4 is 15.3 Å². The van der Waals surface area contributed by atoms with E-state index in [1.165, 1.54) is 19.2 Å². The van der Waals surface area contributed by atoms with Crippen LogP contribution in [0.1, 0.15) is 27.0 Å². The van der Waals surface area contributed by atoms with Gasteiger partial charge in [0.2, 0.25) is 0 Å². The standard InChI is InChI=1S/C21H28N3O9PS/c1-12(2)31-20(27)13(3)23-34(29,33-14-7-5-4-6-8-14)30-11-15-17(25)18(26)19(32-15)24-10-9-16(35)22-21(24)28/h4-10,12-13,15,17-19,25-26H,11H2,1-3H3,(H,23,29)(H,22,28,35). The van der Waals surface area contributed by atoms with Gasteiger partial charge in [-0.3, -0.25) is 18.9 Å². The Kier molecular flexibility index (Phi) is 9.00. The molecule has 1 aromatic carbocycles. The van der Waals surface area contributed by atoms with Crippen LogP contribution >= 0.6 is 20.0 Å². The molecule has 192 valence electrons. The number of carbonyl (C=O) groups excluding carboxylic acids is 1. The topological polar surface area (TPSA) is 161 Å². The van der Waals surface area contributed by atoms with E-state index in [1.54, 1.807) is 44.2 Å². The minimum absolute atomic E-state index is 0.189. The Balaban J connectivity index is 1.75. The molecule has 0 saturated carbocycles. The van der Waals surface area contributed by atoms with Crippen LogP contribution in [-0.4, -0.2) is 62.8 Å². The second-order valence-electron chi connectivity index (χ2n) is 8.10. The maximum Gasteiger partial charge on any atom is 0.459 e. The summed E-state index contributed by atoms with van der Waals surface area (Å²) < 4.78 is 36.6. The van der Waals surface area contributed by atoms with Crippen molar-refractivity contribution in [2.45, 2.75) is 57.5 Å². The Morgan fingerprint density at radius 3 is 2.54 bits per heavy atom. The van der Waals surface area contributed by atoms with Gasteiger partial charge in [0.25, 0.3) is 0 Å². The summed E-state index contributed by atoms with van der Waals surface area (Å²) >= 11 is 4.89. The molecule has 0 aliphatic carbocycles. The molecule has 0 spiro atoms. The van der Waals surface area contributed by atoms with Crippen molar-refractivity contribution in [3.8, 4) is 5.75 Å². The second-order valence-corrected chi connectivity index (χ2v) is 10.2. The maximum absolute atomic E-state index is 13.5. The van der Waals surface area contributed by atoms with Gasteiger partial charge in [-0.1, -0.05) is 30.4 Å². The fraction of sp³-hybridized carbons (Fsp3) is 0.476. The first-order valence-corrected chi connectivity index (χ1v) is 12.7. The Hall–Kier alpha value is -2.38. The van der Waals surface area contributed by atoms with E-state index in [9.17, 15) is 24.4 Å². The molecule has 14 heteroatoms. The minimum atomic E-state index is -4.21. The van der Waals surface area contributed by atoms with Crippen molar-refractivity contribution >= 4 is 25.9 Å². The molecule has 6 unspecified atom stereocenters. The number of carbonyl (C=O) groups is 1. The number of nitrogens with one attached hydrogen (secondary N) is 2. The molecule has 1 aromatic heterocycles. The van der Waals surface area contributed by atoms with E-state index in [0.717, 1.165) is 4.57 Å². The van der Waals surface area contributed by atoms with E-state index in [-0.39, 0.29) is 10.4 Å². The molecule has 1 saturated heterocycles. The van der Waals surface area contributed by atoms with Gasteiger partial charge in [-0.15, -0.1) is 0 Å². The number of H-pyrrole nitrogens is 1. The Bertz CT molecular complexity index is 1170. The highest BCUT2D eigenvalue weighted by molar-refractivity contribution is 7.71. The average molecular weight is 530 g/mol. The number of aromatic nitrogens is 2. The molecule has 3 rings (SSSR count). The summed E-state index contributed by atoms with van der Waals surface area (Å²) in [5.74, 6) is -0.474. The van der Waals surface area contributed by atoms with Crippen LogP contribution in [0.5, 0.6) is 5.75 Å². The number of benzene rings is 1. The van der Waals surface area contributed by atoms with Gasteiger partial charge in [0.05, 0.1) is 12.7 Å². The average Bonchev–Trinajstić information content (AvgIpc) is 3.06. The van der Waals surface area contributed by atoms with E-state index >= 15 is 0 Å². The van der Waals surface area contributed by atoms with Crippen molar-refractivity contribution in [1.82, 2.24) is 14.6 Å². The van der Waals surface area contributed by atoms with E-state index in [4.69, 9.17) is 30.7 Å². The molecule has 2 heterocycles. The lowest BCUT2D eigenvalue weighted by molar-refractivity contribution is -0.149. The minimum Gasteiger partial charge on any atom is -0.462 e. The molecule has 1 aliphatic heterocycles. The molecule has 12 nitrogen and oxygen atoms in total. The largest absolute Gasteiger partial charge is 0.462 e. The smallest absolute Gasteiger partial charge is 0.459 e. The summed E-state index contributed by atoms with van der Waals surface area (Å²) in [4.78, 5) is 26.8. The van der Waals surface area contributed by atoms with Crippen molar-refractivity contribution in [2.75, 3.05) is 6.61 Å². The molecule has 6 atom stereocenters. The summed E-state index contributed by atoms with van der Waals surface area (Å²) in [7, 11) is -4.21. The summed E-state index contributed by atoms with van der Waals surface area (Å²) in [6, 6.07) is 8.49. The number of rotatable bonds is 10. The van der Waals surface area contributed by atoms with Crippen molar-refractivity contribution in [3.05, 3.63) is 57.7 Å². The highest BCUT2D eigenvalue weighted by Gasteiger charge is 2.45. The lowest BCUT2D eigenvalue weighted by atomic mass is 10.1. The van der Waals surface area contributed by atoms with Gasteiger partial charge in [-0.25, -0.2) is 9.36 Å². The Morgan fingerprint density at radius 2 is 1.91 bits per heavy atom. The Morgan fingerprint density at radius 1 is 1.23 bits per heavy atom. The summed E-state index contributed by atoms with van der Waals surface area (Å²) in [6.45, 7) is 4.27. The predicted octanol–water partition coefficient (Wildman–Crippen LogP) is 1.66. The fourth-order valence-corrected chi connectivity index (χ4v) is 4.88. The number of esters is 1. The van der Waals surface area contributed by atoms with Crippen LogP contribution in [0.25, 0.3) is 0 Å². The number of nitrogens with zero attached hydrogens (tertiary/aromatic N) is 1. The highest BCUT2D eigenvalue weighted by atomic mass is 32.1. The lowest BCUT2D eigenvalue weighted by Crippen LogP contribution is -2.38. The van der Waals surface area contributed by atoms with Crippen molar-refractivity contribution in [2.24, 2.45) is 0 Å². The summed E-state index contributed by atoms with van der Waals surface area (Å²) in [6.07, 6.45) is -4.48. The van der Waals surface area contributed by atoms with E-state index < -0.39 is 62.7 Å². The first-order chi connectivity index (χ1) is 16.5. The van der Waals surface area contributed by atoms with Gasteiger partial charge < -0.3 is 24.2 Å². The van der Waals surface area contributed by atoms with Crippen LogP contribution in [0.2, 0.25) is 0 Å². The van der Waals surface area contributed by atoms with Crippen molar-refractivity contribution in [1.29, 1.82) is 0 Å². The molecular formula is C21H28N3O9PS. The third-order valence-electron chi connectivity index (χ3n) is 4.90. The number of hydrogen-bond acceptors (Lipinski definition) is 10. The van der Waals surface area contributed by atoms with Crippen LogP contribution in [0.4, 0.5) is 0 Å². The van der Waals surface area contributed by atoms with Crippen LogP contribution in [0.15, 0.2) is 47.4 Å². The number of aliphatic hydroxyl groups is 2. The number of hydrogen-bond donors (Lipinski definition) is 4. The molecule has 4 N–H and O–H groups in total. The molecule has 1 aliphatic rings. The highest BCUT2D eigenvalue weighted by Crippen LogP contribution is 2.46. The zero-order valence-corrected chi connectivity index (χ0v) is 21.0. The van der Waals surface area contributed by atoms with Gasteiger partial charge >= 0.3 is 19.4 Å². The number of aliphatic hydroxyl groups excluding tert-OH is 2. The van der Waals surface area contributed by atoms with Gasteiger partial charge in [-0.05, 0) is 39.0 Å². The van der Waals surface area contributed by atoms with Gasteiger partial charge in [-0.2, -0.15) is 5.09 Å². The molecule has 0 bridgehead atoms. The molecular weight excluding hydrogens is 501 g/mol. The monoisotopic (exact) mass is 529 g/mol. The second kappa shape index (κ2) is 11.6.